The molecule has 0 radical (unpaired) electrons. The summed E-state index contributed by atoms with van der Waals surface area (Å²) in [5, 5.41) is 0. The maximum absolute atomic E-state index is 11.0. The number of benzene rings is 2. The smallest absolute Gasteiger partial charge is 0.305 e. The summed E-state index contributed by atoms with van der Waals surface area (Å²) in [5.74, 6) is 6.56. The van der Waals surface area contributed by atoms with Crippen molar-refractivity contribution >= 4 is 5.97 Å². The van der Waals surface area contributed by atoms with Gasteiger partial charge in [-0.3, -0.25) is 4.79 Å². The number of unbranched alkanes of at least 4 members (excludes halogenated alkanes) is 6. The Kier molecular flexibility index (Phi) is 7.11. The summed E-state index contributed by atoms with van der Waals surface area (Å²) < 4.78 is 4.65. The molecule has 27 heavy (non-hydrogen) atoms. The number of hydrogen-bond acceptors (Lipinski definition) is 2. The highest BCUT2D eigenvalue weighted by Gasteiger charge is 2.17. The van der Waals surface area contributed by atoms with Crippen LogP contribution in [-0.2, 0) is 16.0 Å². The van der Waals surface area contributed by atoms with Gasteiger partial charge in [-0.25, -0.2) is 0 Å². The monoisotopic (exact) mass is 360 g/mol. The highest BCUT2D eigenvalue weighted by molar-refractivity contribution is 5.77. The van der Waals surface area contributed by atoms with Gasteiger partial charge in [0.1, 0.15) is 0 Å². The molecule has 0 amide bonds. The molecule has 0 aromatic heterocycles. The molecule has 2 heteroatoms. The van der Waals surface area contributed by atoms with E-state index in [0.29, 0.717) is 6.42 Å². The van der Waals surface area contributed by atoms with E-state index in [9.17, 15) is 4.79 Å². The van der Waals surface area contributed by atoms with Crippen LogP contribution < -0.4 is 0 Å². The van der Waals surface area contributed by atoms with Crippen LogP contribution in [0.1, 0.15) is 68.1 Å². The average Bonchev–Trinajstić information content (AvgIpc) is 3.06. The Morgan fingerprint density at radius 3 is 2.52 bits per heavy atom. The van der Waals surface area contributed by atoms with Gasteiger partial charge in [0.15, 0.2) is 0 Å². The molecular formula is C25H28O2. The normalized spacial score (nSPS) is 11.3. The lowest BCUT2D eigenvalue weighted by Crippen LogP contribution is -1.99. The molecule has 0 fully saturated rings. The zero-order valence-electron chi connectivity index (χ0n) is 16.2. The van der Waals surface area contributed by atoms with Crippen LogP contribution in [0, 0.1) is 11.8 Å². The van der Waals surface area contributed by atoms with E-state index in [4.69, 9.17) is 0 Å². The Labute approximate surface area is 163 Å². The quantitative estimate of drug-likeness (QED) is 0.284. The number of fused-ring (bicyclic) bond motifs is 3. The molecule has 0 saturated carbocycles. The summed E-state index contributed by atoms with van der Waals surface area (Å²) in [6.45, 7) is 0. The third-order valence-electron chi connectivity index (χ3n) is 5.19. The van der Waals surface area contributed by atoms with Crippen LogP contribution in [0.4, 0.5) is 0 Å². The van der Waals surface area contributed by atoms with Crippen molar-refractivity contribution in [3.8, 4) is 23.0 Å². The topological polar surface area (TPSA) is 26.3 Å². The van der Waals surface area contributed by atoms with Crippen molar-refractivity contribution in [1.82, 2.24) is 0 Å². The summed E-state index contributed by atoms with van der Waals surface area (Å²) in [6.07, 6.45) is 9.36. The Morgan fingerprint density at radius 1 is 0.926 bits per heavy atom. The molecule has 0 unspecified atom stereocenters. The van der Waals surface area contributed by atoms with E-state index in [1.165, 1.54) is 48.6 Å². The van der Waals surface area contributed by atoms with Crippen LogP contribution in [0.5, 0.6) is 0 Å². The fourth-order valence-corrected chi connectivity index (χ4v) is 3.68. The second-order valence-electron chi connectivity index (χ2n) is 7.21. The number of esters is 1. The van der Waals surface area contributed by atoms with E-state index in [-0.39, 0.29) is 5.97 Å². The van der Waals surface area contributed by atoms with Crippen molar-refractivity contribution in [1.29, 1.82) is 0 Å². The third kappa shape index (κ3) is 5.47. The lowest BCUT2D eigenvalue weighted by molar-refractivity contribution is -0.140. The molecule has 2 aromatic carbocycles. The number of methoxy groups -OCH3 is 1. The summed E-state index contributed by atoms with van der Waals surface area (Å²) in [5.41, 5.74) is 6.69. The largest absolute Gasteiger partial charge is 0.469 e. The molecule has 0 saturated heterocycles. The van der Waals surface area contributed by atoms with Gasteiger partial charge in [0.2, 0.25) is 0 Å². The van der Waals surface area contributed by atoms with Crippen LogP contribution in [0.15, 0.2) is 42.5 Å². The van der Waals surface area contributed by atoms with E-state index in [1.54, 1.807) is 0 Å². The molecule has 0 aliphatic heterocycles. The predicted molar refractivity (Wildman–Crippen MR) is 111 cm³/mol. The van der Waals surface area contributed by atoms with Gasteiger partial charge in [-0.05, 0) is 53.6 Å². The predicted octanol–water partition coefficient (Wildman–Crippen LogP) is 5.90. The first-order valence-corrected chi connectivity index (χ1v) is 10.0. The fraction of sp³-hybridized carbons (Fsp3) is 0.400. The maximum atomic E-state index is 11.0. The number of ether oxygens (including phenoxy) is 1. The summed E-state index contributed by atoms with van der Waals surface area (Å²) in [7, 11) is 1.45. The summed E-state index contributed by atoms with van der Waals surface area (Å²) in [6, 6.07) is 15.3. The van der Waals surface area contributed by atoms with E-state index in [0.717, 1.165) is 37.7 Å². The Hall–Kier alpha value is -2.53. The van der Waals surface area contributed by atoms with Crippen molar-refractivity contribution in [2.24, 2.45) is 0 Å². The summed E-state index contributed by atoms with van der Waals surface area (Å²) >= 11 is 0. The lowest BCUT2D eigenvalue weighted by atomic mass is 10.0. The highest BCUT2D eigenvalue weighted by Crippen LogP contribution is 2.36. The first kappa shape index (κ1) is 19.2. The van der Waals surface area contributed by atoms with Crippen LogP contribution in [0.25, 0.3) is 11.1 Å². The van der Waals surface area contributed by atoms with E-state index in [2.05, 4.69) is 59.0 Å². The number of carbonyl (C=O) groups excluding carboxylic acids is 1. The standard InChI is InChI=1S/C25H28O2/c1-27-25(26)15-9-7-5-3-2-4-6-8-12-20-16-17-24-22(18-20)19-21-13-10-11-14-23(21)24/h10-11,13-14,16-18H,2-7,9,15,19H2,1H3. The molecule has 2 aromatic rings. The van der Waals surface area contributed by atoms with E-state index >= 15 is 0 Å². The lowest BCUT2D eigenvalue weighted by Gasteiger charge is -2.01. The van der Waals surface area contributed by atoms with Crippen LogP contribution in [0.2, 0.25) is 0 Å². The van der Waals surface area contributed by atoms with Gasteiger partial charge in [0.05, 0.1) is 7.11 Å². The second-order valence-corrected chi connectivity index (χ2v) is 7.21. The molecule has 1 aliphatic carbocycles. The zero-order chi connectivity index (χ0) is 18.9. The molecule has 0 N–H and O–H groups in total. The molecule has 0 spiro atoms. The molecule has 1 aliphatic rings. The third-order valence-corrected chi connectivity index (χ3v) is 5.19. The van der Waals surface area contributed by atoms with Crippen molar-refractivity contribution < 1.29 is 9.53 Å². The minimum Gasteiger partial charge on any atom is -0.469 e. The average molecular weight is 360 g/mol. The fourth-order valence-electron chi connectivity index (χ4n) is 3.68. The molecule has 140 valence electrons. The zero-order valence-corrected chi connectivity index (χ0v) is 16.2. The Bertz CT molecular complexity index is 839. The molecule has 0 atom stereocenters. The van der Waals surface area contributed by atoms with Crippen molar-refractivity contribution in [2.75, 3.05) is 7.11 Å². The maximum Gasteiger partial charge on any atom is 0.305 e. The highest BCUT2D eigenvalue weighted by atomic mass is 16.5. The van der Waals surface area contributed by atoms with Gasteiger partial charge in [-0.2, -0.15) is 0 Å². The first-order chi connectivity index (χ1) is 13.3. The van der Waals surface area contributed by atoms with E-state index in [1.807, 2.05) is 0 Å². The van der Waals surface area contributed by atoms with Gasteiger partial charge in [-0.15, -0.1) is 0 Å². The number of rotatable bonds is 8. The molecule has 2 nitrogen and oxygen atoms in total. The van der Waals surface area contributed by atoms with Crippen LogP contribution in [-0.4, -0.2) is 13.1 Å². The SMILES string of the molecule is COC(=O)CCCCCCCCC#Cc1ccc2c(c1)Cc1ccccc1-2. The van der Waals surface area contributed by atoms with Gasteiger partial charge < -0.3 is 4.74 Å². The molecule has 0 bridgehead atoms. The minimum atomic E-state index is -0.0966. The minimum absolute atomic E-state index is 0.0966. The Balaban J connectivity index is 1.35. The second kappa shape index (κ2) is 9.97. The van der Waals surface area contributed by atoms with Crippen molar-refractivity contribution in [3.63, 3.8) is 0 Å². The van der Waals surface area contributed by atoms with Gasteiger partial charge in [0.25, 0.3) is 0 Å². The van der Waals surface area contributed by atoms with Gasteiger partial charge in [0, 0.05) is 18.4 Å². The molecule has 3 rings (SSSR count). The van der Waals surface area contributed by atoms with E-state index < -0.39 is 0 Å². The van der Waals surface area contributed by atoms with Crippen molar-refractivity contribution in [2.45, 2.75) is 57.8 Å². The molecular weight excluding hydrogens is 332 g/mol. The number of hydrogen-bond donors (Lipinski definition) is 0. The molecule has 0 heterocycles. The first-order valence-electron chi connectivity index (χ1n) is 10.0. The summed E-state index contributed by atoms with van der Waals surface area (Å²) in [4.78, 5) is 11.0. The van der Waals surface area contributed by atoms with Gasteiger partial charge >= 0.3 is 5.97 Å². The van der Waals surface area contributed by atoms with Gasteiger partial charge in [-0.1, -0.05) is 67.9 Å². The van der Waals surface area contributed by atoms with Crippen molar-refractivity contribution in [3.05, 3.63) is 59.2 Å². The van der Waals surface area contributed by atoms with Crippen LogP contribution in [0.3, 0.4) is 0 Å². The number of carbonyl (C=O) groups is 1. The van der Waals surface area contributed by atoms with Crippen LogP contribution >= 0.6 is 0 Å². The Morgan fingerprint density at radius 2 is 1.67 bits per heavy atom.